The molecule has 0 saturated carbocycles. The van der Waals surface area contributed by atoms with Gasteiger partial charge in [-0.15, -0.1) is 0 Å². The summed E-state index contributed by atoms with van der Waals surface area (Å²) in [6, 6.07) is 11.6. The van der Waals surface area contributed by atoms with Gasteiger partial charge in [-0.05, 0) is 50.1 Å². The molecule has 0 amide bonds. The van der Waals surface area contributed by atoms with Crippen molar-refractivity contribution in [1.82, 2.24) is 14.8 Å². The van der Waals surface area contributed by atoms with Crippen LogP contribution in [0, 0.1) is 0 Å². The zero-order valence-electron chi connectivity index (χ0n) is 17.1. The molecular formula is C23H24N4O3. The molecule has 0 radical (unpaired) electrons. The lowest BCUT2D eigenvalue weighted by molar-refractivity contribution is 0.0993. The number of anilines is 1. The maximum atomic E-state index is 13.2. The molecule has 5 rings (SSSR count). The molecule has 0 spiro atoms. The lowest BCUT2D eigenvalue weighted by Gasteiger charge is -2.37. The predicted molar refractivity (Wildman–Crippen MR) is 112 cm³/mol. The summed E-state index contributed by atoms with van der Waals surface area (Å²) in [5.74, 6) is 2.18. The van der Waals surface area contributed by atoms with E-state index in [1.54, 1.807) is 12.4 Å². The van der Waals surface area contributed by atoms with Crippen molar-refractivity contribution < 1.29 is 14.3 Å². The Balaban J connectivity index is 1.43. The largest absolute Gasteiger partial charge is 0.486 e. The Morgan fingerprint density at radius 3 is 2.83 bits per heavy atom. The summed E-state index contributed by atoms with van der Waals surface area (Å²) < 4.78 is 13.1. The van der Waals surface area contributed by atoms with E-state index in [-0.39, 0.29) is 23.8 Å². The molecule has 0 bridgehead atoms. The Kier molecular flexibility index (Phi) is 4.46. The second kappa shape index (κ2) is 7.16. The van der Waals surface area contributed by atoms with Crippen LogP contribution in [-0.2, 0) is 12.0 Å². The third-order valence-corrected chi connectivity index (χ3v) is 5.67. The molecule has 1 aromatic carbocycles. The van der Waals surface area contributed by atoms with Gasteiger partial charge in [0.1, 0.15) is 19.0 Å². The van der Waals surface area contributed by atoms with Crippen molar-refractivity contribution in [2.45, 2.75) is 38.3 Å². The third-order valence-electron chi connectivity index (χ3n) is 5.67. The number of pyridine rings is 1. The van der Waals surface area contributed by atoms with Crippen molar-refractivity contribution in [2.75, 3.05) is 18.5 Å². The van der Waals surface area contributed by atoms with Gasteiger partial charge < -0.3 is 14.8 Å². The summed E-state index contributed by atoms with van der Waals surface area (Å²) in [5, 5.41) is 8.05. The Hall–Kier alpha value is -3.35. The van der Waals surface area contributed by atoms with Crippen molar-refractivity contribution in [2.24, 2.45) is 0 Å². The van der Waals surface area contributed by atoms with Crippen molar-refractivity contribution in [3.8, 4) is 11.5 Å². The number of benzene rings is 1. The average molecular weight is 404 g/mol. The molecule has 0 fully saturated rings. The van der Waals surface area contributed by atoms with E-state index >= 15 is 0 Å². The number of carbonyl (C=O) groups is 1. The second-order valence-electron chi connectivity index (χ2n) is 8.36. The molecule has 7 nitrogen and oxygen atoms in total. The summed E-state index contributed by atoms with van der Waals surface area (Å²) >= 11 is 0. The first kappa shape index (κ1) is 18.7. The van der Waals surface area contributed by atoms with Crippen LogP contribution in [0.25, 0.3) is 0 Å². The quantitative estimate of drug-likeness (QED) is 0.667. The molecule has 0 saturated heterocycles. The fraction of sp³-hybridized carbons (Fsp3) is 0.348. The van der Waals surface area contributed by atoms with Crippen LogP contribution >= 0.6 is 0 Å². The van der Waals surface area contributed by atoms with Crippen LogP contribution in [0.4, 0.5) is 5.82 Å². The summed E-state index contributed by atoms with van der Waals surface area (Å²) in [4.78, 5) is 17.7. The SMILES string of the molecule is CC1(C)CC(c2ccccn2)Nc2c(C(=O)Cc3ccc4c(c3)OCCO4)cnn21. The molecule has 154 valence electrons. The fourth-order valence-electron chi connectivity index (χ4n) is 4.19. The highest BCUT2D eigenvalue weighted by Crippen LogP contribution is 2.39. The van der Waals surface area contributed by atoms with Crippen LogP contribution in [0.5, 0.6) is 11.5 Å². The number of ketones is 1. The van der Waals surface area contributed by atoms with Gasteiger partial charge in [0, 0.05) is 12.6 Å². The average Bonchev–Trinajstić information content (AvgIpc) is 3.19. The van der Waals surface area contributed by atoms with Crippen LogP contribution in [0.15, 0.2) is 48.8 Å². The summed E-state index contributed by atoms with van der Waals surface area (Å²) in [7, 11) is 0. The fourth-order valence-corrected chi connectivity index (χ4v) is 4.19. The zero-order chi connectivity index (χ0) is 20.7. The van der Waals surface area contributed by atoms with Crippen molar-refractivity contribution in [1.29, 1.82) is 0 Å². The van der Waals surface area contributed by atoms with Gasteiger partial charge in [0.05, 0.1) is 29.0 Å². The highest BCUT2D eigenvalue weighted by atomic mass is 16.6. The van der Waals surface area contributed by atoms with Crippen molar-refractivity contribution in [3.63, 3.8) is 0 Å². The van der Waals surface area contributed by atoms with E-state index in [1.807, 2.05) is 41.1 Å². The number of Topliss-reactive ketones (excluding diaryl/α,β-unsaturated/α-hetero) is 1. The first-order chi connectivity index (χ1) is 14.5. The summed E-state index contributed by atoms with van der Waals surface area (Å²) in [6.45, 7) is 5.34. The number of nitrogens with zero attached hydrogens (tertiary/aromatic N) is 3. The van der Waals surface area contributed by atoms with E-state index in [2.05, 4.69) is 29.2 Å². The summed E-state index contributed by atoms with van der Waals surface area (Å²) in [5.41, 5.74) is 2.21. The number of hydrogen-bond donors (Lipinski definition) is 1. The highest BCUT2D eigenvalue weighted by molar-refractivity contribution is 6.01. The van der Waals surface area contributed by atoms with Crippen LogP contribution < -0.4 is 14.8 Å². The van der Waals surface area contributed by atoms with Crippen molar-refractivity contribution in [3.05, 3.63) is 65.6 Å². The molecule has 1 N–H and O–H groups in total. The molecule has 30 heavy (non-hydrogen) atoms. The van der Waals surface area contributed by atoms with Gasteiger partial charge in [0.15, 0.2) is 17.3 Å². The minimum absolute atomic E-state index is 0.0119. The zero-order valence-corrected chi connectivity index (χ0v) is 17.1. The number of rotatable bonds is 4. The lowest BCUT2D eigenvalue weighted by atomic mass is 9.90. The molecule has 1 atom stereocenters. The topological polar surface area (TPSA) is 78.3 Å². The molecule has 0 aliphatic carbocycles. The number of hydrogen-bond acceptors (Lipinski definition) is 6. The smallest absolute Gasteiger partial charge is 0.172 e. The maximum Gasteiger partial charge on any atom is 0.172 e. The molecule has 7 heteroatoms. The molecular weight excluding hydrogens is 380 g/mol. The summed E-state index contributed by atoms with van der Waals surface area (Å²) in [6.07, 6.45) is 4.56. The van der Waals surface area contributed by atoms with Crippen LogP contribution in [0.2, 0.25) is 0 Å². The number of nitrogens with one attached hydrogen (secondary N) is 1. The van der Waals surface area contributed by atoms with Gasteiger partial charge in [0.2, 0.25) is 0 Å². The monoisotopic (exact) mass is 404 g/mol. The molecule has 1 unspecified atom stereocenters. The molecule has 2 aromatic heterocycles. The first-order valence-electron chi connectivity index (χ1n) is 10.2. The molecule has 2 aliphatic rings. The van der Waals surface area contributed by atoms with Gasteiger partial charge in [-0.3, -0.25) is 9.78 Å². The Morgan fingerprint density at radius 1 is 1.20 bits per heavy atom. The third kappa shape index (κ3) is 3.30. The van der Waals surface area contributed by atoms with Gasteiger partial charge in [-0.2, -0.15) is 5.10 Å². The molecule has 4 heterocycles. The van der Waals surface area contributed by atoms with E-state index in [1.165, 1.54) is 0 Å². The standard InChI is InChI=1S/C23H24N4O3/c1-23(2)13-18(17-5-3-4-8-24-17)26-22-16(14-25-27(22)23)19(28)11-15-6-7-20-21(12-15)30-10-9-29-20/h3-8,12,14,18,26H,9-11,13H2,1-2H3. The van der Waals surface area contributed by atoms with E-state index in [4.69, 9.17) is 9.47 Å². The number of fused-ring (bicyclic) bond motifs is 2. The van der Waals surface area contributed by atoms with Crippen LogP contribution in [-0.4, -0.2) is 33.8 Å². The molecule has 2 aliphatic heterocycles. The minimum atomic E-state index is -0.238. The van der Waals surface area contributed by atoms with Gasteiger partial charge in [-0.1, -0.05) is 12.1 Å². The number of aromatic nitrogens is 3. The lowest BCUT2D eigenvalue weighted by Crippen LogP contribution is -2.38. The minimum Gasteiger partial charge on any atom is -0.486 e. The number of carbonyl (C=O) groups excluding carboxylic acids is 1. The Bertz CT molecular complexity index is 1090. The van der Waals surface area contributed by atoms with E-state index in [0.717, 1.165) is 29.2 Å². The first-order valence-corrected chi connectivity index (χ1v) is 10.2. The highest BCUT2D eigenvalue weighted by Gasteiger charge is 2.37. The van der Waals surface area contributed by atoms with Gasteiger partial charge in [0.25, 0.3) is 0 Å². The van der Waals surface area contributed by atoms with Gasteiger partial charge >= 0.3 is 0 Å². The van der Waals surface area contributed by atoms with Gasteiger partial charge in [-0.25, -0.2) is 4.68 Å². The van der Waals surface area contributed by atoms with E-state index in [0.29, 0.717) is 24.5 Å². The van der Waals surface area contributed by atoms with Crippen LogP contribution in [0.1, 0.15) is 47.9 Å². The number of ether oxygens (including phenoxy) is 2. The Labute approximate surface area is 175 Å². The molecule has 3 aromatic rings. The van der Waals surface area contributed by atoms with E-state index in [9.17, 15) is 4.79 Å². The Morgan fingerprint density at radius 2 is 2.03 bits per heavy atom. The predicted octanol–water partition coefficient (Wildman–Crippen LogP) is 3.77. The normalized spacial score (nSPS) is 18.9. The van der Waals surface area contributed by atoms with Crippen molar-refractivity contribution >= 4 is 11.6 Å². The second-order valence-corrected chi connectivity index (χ2v) is 8.36. The maximum absolute atomic E-state index is 13.2. The van der Waals surface area contributed by atoms with E-state index < -0.39 is 0 Å². The van der Waals surface area contributed by atoms with Crippen LogP contribution in [0.3, 0.4) is 0 Å².